The molecule has 0 radical (unpaired) electrons. The summed E-state index contributed by atoms with van der Waals surface area (Å²) in [6.45, 7) is 19.8. The first-order valence-corrected chi connectivity index (χ1v) is 14.9. The van der Waals surface area contributed by atoms with E-state index in [4.69, 9.17) is 4.74 Å². The van der Waals surface area contributed by atoms with Crippen molar-refractivity contribution in [1.82, 2.24) is 0 Å². The van der Waals surface area contributed by atoms with Gasteiger partial charge in [-0.2, -0.15) is 0 Å². The first-order valence-electron chi connectivity index (χ1n) is 14.9. The van der Waals surface area contributed by atoms with E-state index < -0.39 is 0 Å². The quantitative estimate of drug-likeness (QED) is 0.361. The Morgan fingerprint density at radius 2 is 1.50 bits per heavy atom. The molecule has 6 fully saturated rings. The monoisotopic (exact) mass is 468 g/mol. The van der Waals surface area contributed by atoms with Gasteiger partial charge in [0.15, 0.2) is 0 Å². The molecule has 34 heavy (non-hydrogen) atoms. The van der Waals surface area contributed by atoms with Crippen LogP contribution in [0, 0.1) is 62.1 Å². The largest absolute Gasteiger partial charge is 0.462 e. The van der Waals surface area contributed by atoms with Crippen LogP contribution in [-0.2, 0) is 9.53 Å². The molecule has 0 spiro atoms. The smallest absolute Gasteiger partial charge is 0.302 e. The van der Waals surface area contributed by atoms with E-state index in [0.717, 1.165) is 30.1 Å². The molecular weight excluding hydrogens is 416 g/mol. The molecule has 0 aromatic rings. The zero-order valence-corrected chi connectivity index (χ0v) is 23.6. The average molecular weight is 469 g/mol. The second-order valence-electron chi connectivity index (χ2n) is 16.0. The third kappa shape index (κ3) is 2.58. The Labute approximate surface area is 209 Å². The van der Waals surface area contributed by atoms with Gasteiger partial charge in [-0.05, 0) is 127 Å². The zero-order valence-electron chi connectivity index (χ0n) is 23.6. The number of hydrogen-bond acceptors (Lipinski definition) is 2. The normalized spacial score (nSPS) is 59.4. The molecule has 0 aromatic heterocycles. The molecule has 11 atom stereocenters. The van der Waals surface area contributed by atoms with E-state index in [-0.39, 0.29) is 17.5 Å². The van der Waals surface area contributed by atoms with E-state index >= 15 is 0 Å². The maximum Gasteiger partial charge on any atom is 0.302 e. The SMILES string of the molecule is CC(=O)O[C@H]1CC[C@]2(C)[C@H]3CC[C@]45C[C@]4(CC[C@@]4(C)CC[C@@H](C)[C@H](C)[C@H]45)[C@]3(C)CC[C@H]2C1(C)C. The van der Waals surface area contributed by atoms with Crippen LogP contribution in [0.3, 0.4) is 0 Å². The number of esters is 1. The molecule has 2 nitrogen and oxygen atoms in total. The highest BCUT2D eigenvalue weighted by atomic mass is 16.5. The fraction of sp³-hybridized carbons (Fsp3) is 0.969. The molecule has 6 saturated carbocycles. The van der Waals surface area contributed by atoms with E-state index in [1.165, 1.54) is 57.8 Å². The van der Waals surface area contributed by atoms with E-state index in [0.29, 0.717) is 33.0 Å². The fourth-order valence-electron chi connectivity index (χ4n) is 13.2. The Hall–Kier alpha value is -0.530. The maximum absolute atomic E-state index is 11.9. The van der Waals surface area contributed by atoms with Gasteiger partial charge >= 0.3 is 5.97 Å². The molecule has 6 aliphatic carbocycles. The van der Waals surface area contributed by atoms with Crippen molar-refractivity contribution < 1.29 is 9.53 Å². The van der Waals surface area contributed by atoms with Gasteiger partial charge in [-0.3, -0.25) is 4.79 Å². The Balaban J connectivity index is 1.36. The van der Waals surface area contributed by atoms with E-state index in [2.05, 4.69) is 48.5 Å². The van der Waals surface area contributed by atoms with Crippen molar-refractivity contribution in [2.45, 2.75) is 132 Å². The Kier molecular flexibility index (Phi) is 4.81. The van der Waals surface area contributed by atoms with Gasteiger partial charge < -0.3 is 4.74 Å². The Morgan fingerprint density at radius 3 is 2.21 bits per heavy atom. The predicted molar refractivity (Wildman–Crippen MR) is 138 cm³/mol. The molecule has 0 aliphatic heterocycles. The van der Waals surface area contributed by atoms with Crippen LogP contribution in [-0.4, -0.2) is 12.1 Å². The molecular formula is C32H52O2. The molecule has 0 saturated heterocycles. The van der Waals surface area contributed by atoms with Gasteiger partial charge in [0.1, 0.15) is 6.10 Å². The van der Waals surface area contributed by atoms with E-state index in [9.17, 15) is 4.79 Å². The van der Waals surface area contributed by atoms with Crippen LogP contribution in [0.2, 0.25) is 0 Å². The van der Waals surface area contributed by atoms with Crippen molar-refractivity contribution in [2.24, 2.45) is 62.1 Å². The standard InChI is InChI=1S/C32H52O2/c1-20-9-13-28(6)17-18-32-19-31(32,26(28)21(20)2)16-11-24-29(7)14-12-25(34-22(3)33)27(4,5)23(29)10-15-30(24,32)8/h20-21,23-26H,9-19H2,1-8H3/t20-,21+,23+,24-,25+,26-,28-,29+,30-,31-,32-/m1/s1. The summed E-state index contributed by atoms with van der Waals surface area (Å²) in [5.74, 6) is 4.17. The summed E-state index contributed by atoms with van der Waals surface area (Å²) in [4.78, 5) is 11.9. The van der Waals surface area contributed by atoms with Crippen molar-refractivity contribution in [3.63, 3.8) is 0 Å². The summed E-state index contributed by atoms with van der Waals surface area (Å²) in [7, 11) is 0. The van der Waals surface area contributed by atoms with Crippen LogP contribution >= 0.6 is 0 Å². The molecule has 0 unspecified atom stereocenters. The number of ether oxygens (including phenoxy) is 1. The second-order valence-corrected chi connectivity index (χ2v) is 16.0. The highest BCUT2D eigenvalue weighted by Crippen LogP contribution is 2.91. The van der Waals surface area contributed by atoms with Crippen molar-refractivity contribution in [3.05, 3.63) is 0 Å². The van der Waals surface area contributed by atoms with Crippen LogP contribution in [0.4, 0.5) is 0 Å². The van der Waals surface area contributed by atoms with Crippen LogP contribution < -0.4 is 0 Å². The molecule has 2 heteroatoms. The number of hydrogen-bond donors (Lipinski definition) is 0. The number of carbonyl (C=O) groups is 1. The van der Waals surface area contributed by atoms with Crippen LogP contribution in [0.15, 0.2) is 0 Å². The fourth-order valence-corrected chi connectivity index (χ4v) is 13.2. The Morgan fingerprint density at radius 1 is 0.794 bits per heavy atom. The lowest BCUT2D eigenvalue weighted by atomic mass is 9.35. The lowest BCUT2D eigenvalue weighted by Gasteiger charge is -2.70. The van der Waals surface area contributed by atoms with Gasteiger partial charge in [0, 0.05) is 12.3 Å². The highest BCUT2D eigenvalue weighted by molar-refractivity contribution is 5.66. The summed E-state index contributed by atoms with van der Waals surface area (Å²) in [6, 6.07) is 0. The molecule has 0 aromatic carbocycles. The van der Waals surface area contributed by atoms with E-state index in [1.807, 2.05) is 0 Å². The third-order valence-electron chi connectivity index (χ3n) is 14.8. The van der Waals surface area contributed by atoms with Gasteiger partial charge in [0.25, 0.3) is 0 Å². The first-order chi connectivity index (χ1) is 15.8. The van der Waals surface area contributed by atoms with E-state index in [1.54, 1.807) is 13.3 Å². The maximum atomic E-state index is 11.9. The van der Waals surface area contributed by atoms with Gasteiger partial charge in [0.2, 0.25) is 0 Å². The predicted octanol–water partition coefficient (Wildman–Crippen LogP) is 8.43. The molecule has 0 N–H and O–H groups in total. The molecule has 0 bridgehead atoms. The van der Waals surface area contributed by atoms with Gasteiger partial charge in [-0.15, -0.1) is 0 Å². The minimum Gasteiger partial charge on any atom is -0.462 e. The minimum absolute atomic E-state index is 0.0776. The highest BCUT2D eigenvalue weighted by Gasteiger charge is 2.84. The molecule has 0 heterocycles. The van der Waals surface area contributed by atoms with Crippen LogP contribution in [0.5, 0.6) is 0 Å². The van der Waals surface area contributed by atoms with Gasteiger partial charge in [-0.1, -0.05) is 48.5 Å². The summed E-state index contributed by atoms with van der Waals surface area (Å²) in [5, 5.41) is 0. The first kappa shape index (κ1) is 23.8. The lowest BCUT2D eigenvalue weighted by Crippen LogP contribution is -2.64. The molecule has 0 amide bonds. The van der Waals surface area contributed by atoms with Crippen LogP contribution in [0.25, 0.3) is 0 Å². The van der Waals surface area contributed by atoms with Crippen molar-refractivity contribution in [3.8, 4) is 0 Å². The lowest BCUT2D eigenvalue weighted by molar-refractivity contribution is -0.228. The number of rotatable bonds is 1. The number of fused-ring (bicyclic) bond motifs is 4. The summed E-state index contributed by atoms with van der Waals surface area (Å²) < 4.78 is 5.93. The van der Waals surface area contributed by atoms with Gasteiger partial charge in [-0.25, -0.2) is 0 Å². The van der Waals surface area contributed by atoms with Crippen molar-refractivity contribution in [2.75, 3.05) is 0 Å². The molecule has 192 valence electrons. The summed E-state index contributed by atoms with van der Waals surface area (Å²) >= 11 is 0. The molecule has 6 aliphatic rings. The topological polar surface area (TPSA) is 26.3 Å². The minimum atomic E-state index is -0.0947. The van der Waals surface area contributed by atoms with Crippen molar-refractivity contribution >= 4 is 5.97 Å². The van der Waals surface area contributed by atoms with Crippen LogP contribution in [0.1, 0.15) is 126 Å². The molecule has 6 rings (SSSR count). The second kappa shape index (κ2) is 6.86. The zero-order chi connectivity index (χ0) is 24.5. The Bertz CT molecular complexity index is 891. The average Bonchev–Trinajstić information content (AvgIpc) is 3.44. The third-order valence-corrected chi connectivity index (χ3v) is 14.8. The van der Waals surface area contributed by atoms with Gasteiger partial charge in [0.05, 0.1) is 0 Å². The summed E-state index contributed by atoms with van der Waals surface area (Å²) in [6.07, 6.45) is 15.6. The summed E-state index contributed by atoms with van der Waals surface area (Å²) in [5.41, 5.74) is 2.83. The number of carbonyl (C=O) groups excluding carboxylic acids is 1. The van der Waals surface area contributed by atoms with Crippen molar-refractivity contribution in [1.29, 1.82) is 0 Å².